The Bertz CT molecular complexity index is 861. The number of carbonyl (C=O) groups excluding carboxylic acids is 1. The molecule has 0 unspecified atom stereocenters. The summed E-state index contributed by atoms with van der Waals surface area (Å²) < 4.78 is 15.7. The molecule has 6 heteroatoms. The molecular formula is C19H17NO4S. The highest BCUT2D eigenvalue weighted by Crippen LogP contribution is 2.26. The van der Waals surface area contributed by atoms with Crippen LogP contribution in [-0.2, 0) is 11.3 Å². The van der Waals surface area contributed by atoms with Gasteiger partial charge in [-0.2, -0.15) is 0 Å². The molecule has 0 aliphatic heterocycles. The molecule has 0 saturated heterocycles. The van der Waals surface area contributed by atoms with Gasteiger partial charge in [0.25, 0.3) is 0 Å². The zero-order valence-electron chi connectivity index (χ0n) is 13.9. The summed E-state index contributed by atoms with van der Waals surface area (Å²) >= 11 is 1.52. The molecule has 1 aromatic heterocycles. The third kappa shape index (κ3) is 3.97. The highest BCUT2D eigenvalue weighted by Gasteiger charge is 2.16. The van der Waals surface area contributed by atoms with Crippen molar-refractivity contribution in [3.8, 4) is 22.1 Å². The quantitative estimate of drug-likeness (QED) is 0.621. The molecule has 0 radical (unpaired) electrons. The second-order valence-electron chi connectivity index (χ2n) is 5.15. The van der Waals surface area contributed by atoms with Gasteiger partial charge in [-0.25, -0.2) is 9.78 Å². The molecule has 0 amide bonds. The number of nitrogens with zero attached hydrogens (tertiary/aromatic N) is 1. The fourth-order valence-corrected chi connectivity index (χ4v) is 3.09. The second kappa shape index (κ2) is 7.81. The maximum absolute atomic E-state index is 12.4. The third-order valence-electron chi connectivity index (χ3n) is 3.55. The van der Waals surface area contributed by atoms with Crippen LogP contribution in [0, 0.1) is 0 Å². The molecule has 2 aromatic carbocycles. The van der Waals surface area contributed by atoms with E-state index >= 15 is 0 Å². The van der Waals surface area contributed by atoms with Crippen molar-refractivity contribution in [2.75, 3.05) is 14.2 Å². The van der Waals surface area contributed by atoms with Gasteiger partial charge in [-0.05, 0) is 18.2 Å². The van der Waals surface area contributed by atoms with E-state index in [4.69, 9.17) is 14.2 Å². The van der Waals surface area contributed by atoms with E-state index < -0.39 is 5.97 Å². The molecule has 1 heterocycles. The first-order valence-electron chi connectivity index (χ1n) is 7.60. The molecule has 0 saturated carbocycles. The Labute approximate surface area is 149 Å². The van der Waals surface area contributed by atoms with Crippen molar-refractivity contribution >= 4 is 17.3 Å². The monoisotopic (exact) mass is 355 g/mol. The fraction of sp³-hybridized carbons (Fsp3) is 0.158. The molecule has 0 aliphatic rings. The number of methoxy groups -OCH3 is 2. The normalized spacial score (nSPS) is 10.3. The number of ether oxygens (including phenoxy) is 3. The van der Waals surface area contributed by atoms with Crippen LogP contribution in [0.1, 0.15) is 16.1 Å². The average Bonchev–Trinajstić information content (AvgIpc) is 3.15. The lowest BCUT2D eigenvalue weighted by Gasteiger charge is -2.09. The van der Waals surface area contributed by atoms with E-state index in [9.17, 15) is 4.79 Å². The van der Waals surface area contributed by atoms with Gasteiger partial charge < -0.3 is 14.2 Å². The maximum Gasteiger partial charge on any atom is 0.342 e. The third-order valence-corrected chi connectivity index (χ3v) is 4.49. The van der Waals surface area contributed by atoms with Gasteiger partial charge in [0.15, 0.2) is 0 Å². The van der Waals surface area contributed by atoms with Crippen molar-refractivity contribution < 1.29 is 19.0 Å². The summed E-state index contributed by atoms with van der Waals surface area (Å²) in [5.41, 5.74) is 2.07. The van der Waals surface area contributed by atoms with Crippen LogP contribution in [0.5, 0.6) is 11.5 Å². The number of hydrogen-bond donors (Lipinski definition) is 0. The molecule has 3 aromatic rings. The van der Waals surface area contributed by atoms with E-state index in [1.807, 2.05) is 35.7 Å². The summed E-state index contributed by atoms with van der Waals surface area (Å²) in [6.07, 6.45) is 0. The minimum atomic E-state index is -0.481. The molecular weight excluding hydrogens is 338 g/mol. The Hall–Kier alpha value is -2.86. The molecule has 0 bridgehead atoms. The van der Waals surface area contributed by atoms with Crippen LogP contribution < -0.4 is 9.47 Å². The second-order valence-corrected chi connectivity index (χ2v) is 6.01. The molecule has 128 valence electrons. The van der Waals surface area contributed by atoms with Crippen LogP contribution in [0.2, 0.25) is 0 Å². The van der Waals surface area contributed by atoms with Crippen molar-refractivity contribution in [1.82, 2.24) is 4.98 Å². The number of rotatable bonds is 6. The van der Waals surface area contributed by atoms with Gasteiger partial charge in [-0.1, -0.05) is 30.3 Å². The summed E-state index contributed by atoms with van der Waals surface area (Å²) in [6, 6.07) is 14.9. The van der Waals surface area contributed by atoms with E-state index in [0.717, 1.165) is 10.6 Å². The van der Waals surface area contributed by atoms with Crippen molar-refractivity contribution in [2.45, 2.75) is 6.61 Å². The molecule has 0 spiro atoms. The first-order valence-corrected chi connectivity index (χ1v) is 8.48. The summed E-state index contributed by atoms with van der Waals surface area (Å²) in [4.78, 5) is 16.9. The molecule has 3 rings (SSSR count). The number of esters is 1. The van der Waals surface area contributed by atoms with Crippen LogP contribution in [0.4, 0.5) is 0 Å². The van der Waals surface area contributed by atoms with E-state index in [1.54, 1.807) is 18.2 Å². The minimum Gasteiger partial charge on any atom is -0.497 e. The largest absolute Gasteiger partial charge is 0.497 e. The Morgan fingerprint density at radius 3 is 2.60 bits per heavy atom. The summed E-state index contributed by atoms with van der Waals surface area (Å²) in [7, 11) is 3.04. The van der Waals surface area contributed by atoms with Crippen molar-refractivity contribution in [3.05, 3.63) is 65.2 Å². The van der Waals surface area contributed by atoms with Crippen LogP contribution in [0.25, 0.3) is 10.6 Å². The maximum atomic E-state index is 12.4. The van der Waals surface area contributed by atoms with Crippen molar-refractivity contribution in [1.29, 1.82) is 0 Å². The van der Waals surface area contributed by atoms with Gasteiger partial charge in [-0.15, -0.1) is 11.3 Å². The number of thiazole rings is 1. The first kappa shape index (κ1) is 17.0. The Morgan fingerprint density at radius 1 is 1.08 bits per heavy atom. The van der Waals surface area contributed by atoms with Gasteiger partial charge in [0.1, 0.15) is 28.7 Å². The van der Waals surface area contributed by atoms with Crippen LogP contribution >= 0.6 is 11.3 Å². The SMILES string of the molecule is COc1ccc(OC)c(C(=O)OCc2csc(-c3ccccc3)n2)c1. The average molecular weight is 355 g/mol. The fourth-order valence-electron chi connectivity index (χ4n) is 2.28. The Kier molecular flexibility index (Phi) is 5.30. The summed E-state index contributed by atoms with van der Waals surface area (Å²) in [5, 5.41) is 2.78. The highest BCUT2D eigenvalue weighted by molar-refractivity contribution is 7.13. The van der Waals surface area contributed by atoms with E-state index in [-0.39, 0.29) is 6.61 Å². The molecule has 0 fully saturated rings. The topological polar surface area (TPSA) is 57.7 Å². The van der Waals surface area contributed by atoms with Gasteiger partial charge in [0.05, 0.1) is 19.9 Å². The van der Waals surface area contributed by atoms with Crippen LogP contribution in [-0.4, -0.2) is 25.2 Å². The zero-order valence-corrected chi connectivity index (χ0v) is 14.7. The van der Waals surface area contributed by atoms with Crippen LogP contribution in [0.15, 0.2) is 53.9 Å². The predicted molar refractivity (Wildman–Crippen MR) is 96.2 cm³/mol. The molecule has 0 atom stereocenters. The van der Waals surface area contributed by atoms with Gasteiger partial charge in [-0.3, -0.25) is 0 Å². The lowest BCUT2D eigenvalue weighted by Crippen LogP contribution is -2.07. The number of hydrogen-bond acceptors (Lipinski definition) is 6. The molecule has 0 N–H and O–H groups in total. The van der Waals surface area contributed by atoms with Gasteiger partial charge in [0, 0.05) is 10.9 Å². The smallest absolute Gasteiger partial charge is 0.342 e. The van der Waals surface area contributed by atoms with Crippen molar-refractivity contribution in [2.24, 2.45) is 0 Å². The molecule has 0 aliphatic carbocycles. The van der Waals surface area contributed by atoms with E-state index in [0.29, 0.717) is 22.8 Å². The minimum absolute atomic E-state index is 0.0997. The molecule has 25 heavy (non-hydrogen) atoms. The number of carbonyl (C=O) groups is 1. The van der Waals surface area contributed by atoms with Gasteiger partial charge in [0.2, 0.25) is 0 Å². The van der Waals surface area contributed by atoms with E-state index in [2.05, 4.69) is 4.98 Å². The van der Waals surface area contributed by atoms with Crippen LogP contribution in [0.3, 0.4) is 0 Å². The van der Waals surface area contributed by atoms with Gasteiger partial charge >= 0.3 is 5.97 Å². The summed E-state index contributed by atoms with van der Waals surface area (Å²) in [5.74, 6) is 0.520. The first-order chi connectivity index (χ1) is 12.2. The molecule has 5 nitrogen and oxygen atoms in total. The lowest BCUT2D eigenvalue weighted by molar-refractivity contribution is 0.0464. The van der Waals surface area contributed by atoms with Crippen molar-refractivity contribution in [3.63, 3.8) is 0 Å². The number of benzene rings is 2. The Morgan fingerprint density at radius 2 is 1.88 bits per heavy atom. The summed E-state index contributed by atoms with van der Waals surface area (Å²) in [6.45, 7) is 0.0997. The standard InChI is InChI=1S/C19H17NO4S/c1-22-15-8-9-17(23-2)16(10-15)19(21)24-11-14-12-25-18(20-14)13-6-4-3-5-7-13/h3-10,12H,11H2,1-2H3. The zero-order chi connectivity index (χ0) is 17.6. The number of aromatic nitrogens is 1. The predicted octanol–water partition coefficient (Wildman–Crippen LogP) is 4.18. The highest BCUT2D eigenvalue weighted by atomic mass is 32.1. The Balaban J connectivity index is 1.70. The van der Waals surface area contributed by atoms with E-state index in [1.165, 1.54) is 25.6 Å². The lowest BCUT2D eigenvalue weighted by atomic mass is 10.2.